The van der Waals surface area contributed by atoms with Gasteiger partial charge in [0.05, 0.1) is 5.56 Å². The van der Waals surface area contributed by atoms with Crippen LogP contribution in [0.2, 0.25) is 0 Å². The summed E-state index contributed by atoms with van der Waals surface area (Å²) < 4.78 is 39.3. The molecule has 2 aliphatic rings. The third-order valence-corrected chi connectivity index (χ3v) is 5.09. The summed E-state index contributed by atoms with van der Waals surface area (Å²) in [4.78, 5) is 14.7. The number of benzene rings is 1. The minimum atomic E-state index is -4.37. The predicted octanol–water partition coefficient (Wildman–Crippen LogP) is 3.41. The number of nitrogens with one attached hydrogen (secondary N) is 1. The van der Waals surface area contributed by atoms with Crippen molar-refractivity contribution in [2.45, 2.75) is 50.9 Å². The first-order chi connectivity index (χ1) is 11.3. The van der Waals surface area contributed by atoms with Crippen LogP contribution in [0, 0.1) is 5.92 Å². The molecule has 1 saturated carbocycles. The molecule has 24 heavy (non-hydrogen) atoms. The molecule has 0 aromatic heterocycles. The quantitative estimate of drug-likeness (QED) is 0.911. The fourth-order valence-corrected chi connectivity index (χ4v) is 3.59. The first-order valence-electron chi connectivity index (χ1n) is 8.48. The zero-order chi connectivity index (χ0) is 17.5. The number of halogens is 3. The van der Waals surface area contributed by atoms with Crippen molar-refractivity contribution in [3.8, 4) is 0 Å². The lowest BCUT2D eigenvalue weighted by molar-refractivity contribution is -0.138. The Labute approximate surface area is 140 Å². The van der Waals surface area contributed by atoms with Gasteiger partial charge in [0.2, 0.25) is 5.91 Å². The SMILES string of the molecule is CC(C)N1CC[C@H](NC(=O)[C@H]2C[C@H]2c2ccccc2C(F)(F)F)C1. The second kappa shape index (κ2) is 6.39. The number of nitrogens with zero attached hydrogens (tertiary/aromatic N) is 1. The van der Waals surface area contributed by atoms with Crippen molar-refractivity contribution in [1.82, 2.24) is 10.2 Å². The Hall–Kier alpha value is -1.56. The van der Waals surface area contributed by atoms with Gasteiger partial charge in [-0.3, -0.25) is 9.69 Å². The normalized spacial score (nSPS) is 27.5. The summed E-state index contributed by atoms with van der Waals surface area (Å²) in [7, 11) is 0. The third kappa shape index (κ3) is 3.58. The summed E-state index contributed by atoms with van der Waals surface area (Å²) in [6, 6.07) is 6.15. The van der Waals surface area contributed by atoms with Gasteiger partial charge >= 0.3 is 6.18 Å². The molecule has 0 bridgehead atoms. The van der Waals surface area contributed by atoms with E-state index in [-0.39, 0.29) is 29.3 Å². The Morgan fingerprint density at radius 3 is 2.62 bits per heavy atom. The van der Waals surface area contributed by atoms with Crippen LogP contribution in [0.15, 0.2) is 24.3 Å². The Morgan fingerprint density at radius 1 is 1.29 bits per heavy atom. The van der Waals surface area contributed by atoms with Crippen molar-refractivity contribution < 1.29 is 18.0 Å². The summed E-state index contributed by atoms with van der Waals surface area (Å²) in [6.07, 6.45) is -2.97. The van der Waals surface area contributed by atoms with E-state index in [2.05, 4.69) is 24.1 Å². The first kappa shape index (κ1) is 17.3. The molecule has 1 amide bonds. The van der Waals surface area contributed by atoms with Crippen LogP contribution in [-0.2, 0) is 11.0 Å². The van der Waals surface area contributed by atoms with Gasteiger partial charge in [-0.05, 0) is 44.2 Å². The Balaban J connectivity index is 1.61. The van der Waals surface area contributed by atoms with E-state index >= 15 is 0 Å². The lowest BCUT2D eigenvalue weighted by Gasteiger charge is -2.20. The van der Waals surface area contributed by atoms with Crippen LogP contribution in [-0.4, -0.2) is 36.0 Å². The predicted molar refractivity (Wildman–Crippen MR) is 85.5 cm³/mol. The highest BCUT2D eigenvalue weighted by molar-refractivity contribution is 5.83. The molecule has 6 heteroatoms. The largest absolute Gasteiger partial charge is 0.416 e. The van der Waals surface area contributed by atoms with Gasteiger partial charge in [-0.2, -0.15) is 13.2 Å². The molecule has 1 saturated heterocycles. The minimum Gasteiger partial charge on any atom is -0.352 e. The van der Waals surface area contributed by atoms with Crippen LogP contribution in [0.1, 0.15) is 43.7 Å². The molecule has 0 spiro atoms. The van der Waals surface area contributed by atoms with Crippen molar-refractivity contribution in [2.24, 2.45) is 5.92 Å². The van der Waals surface area contributed by atoms with Gasteiger partial charge < -0.3 is 5.32 Å². The highest BCUT2D eigenvalue weighted by Gasteiger charge is 2.48. The molecule has 0 unspecified atom stereocenters. The van der Waals surface area contributed by atoms with Crippen LogP contribution >= 0.6 is 0 Å². The van der Waals surface area contributed by atoms with Gasteiger partial charge in [0.25, 0.3) is 0 Å². The Kier molecular flexibility index (Phi) is 4.60. The molecule has 1 aromatic carbocycles. The van der Waals surface area contributed by atoms with Crippen LogP contribution in [0.25, 0.3) is 0 Å². The molecule has 1 aromatic rings. The van der Waals surface area contributed by atoms with E-state index in [1.165, 1.54) is 12.1 Å². The number of amides is 1. The maximum absolute atomic E-state index is 13.1. The van der Waals surface area contributed by atoms with E-state index in [9.17, 15) is 18.0 Å². The smallest absolute Gasteiger partial charge is 0.352 e. The maximum atomic E-state index is 13.1. The molecule has 1 aliphatic carbocycles. The lowest BCUT2D eigenvalue weighted by Crippen LogP contribution is -2.39. The topological polar surface area (TPSA) is 32.3 Å². The monoisotopic (exact) mass is 340 g/mol. The molecule has 2 fully saturated rings. The fourth-order valence-electron chi connectivity index (χ4n) is 3.59. The van der Waals surface area contributed by atoms with Crippen molar-refractivity contribution in [2.75, 3.05) is 13.1 Å². The highest BCUT2D eigenvalue weighted by Crippen LogP contribution is 2.51. The number of carbonyl (C=O) groups excluding carboxylic acids is 1. The standard InChI is InChI=1S/C18H23F3N2O/c1-11(2)23-8-7-12(10-23)22-17(24)15-9-14(15)13-5-3-4-6-16(13)18(19,20)21/h3-6,11-12,14-15H,7-10H2,1-2H3,(H,22,24)/t12-,14-,15-/m0/s1. The molecule has 132 valence electrons. The van der Waals surface area contributed by atoms with Gasteiger partial charge in [0.1, 0.15) is 0 Å². The Morgan fingerprint density at radius 2 is 2.00 bits per heavy atom. The fraction of sp³-hybridized carbons (Fsp3) is 0.611. The van der Waals surface area contributed by atoms with E-state index in [0.717, 1.165) is 25.6 Å². The molecule has 1 N–H and O–H groups in total. The highest BCUT2D eigenvalue weighted by atomic mass is 19.4. The summed E-state index contributed by atoms with van der Waals surface area (Å²) in [5, 5.41) is 3.02. The van der Waals surface area contributed by atoms with Crippen molar-refractivity contribution in [3.63, 3.8) is 0 Å². The van der Waals surface area contributed by atoms with Crippen LogP contribution in [0.5, 0.6) is 0 Å². The van der Waals surface area contributed by atoms with E-state index < -0.39 is 11.7 Å². The number of hydrogen-bond acceptors (Lipinski definition) is 2. The van der Waals surface area contributed by atoms with Crippen LogP contribution in [0.4, 0.5) is 13.2 Å². The van der Waals surface area contributed by atoms with Gasteiger partial charge in [0.15, 0.2) is 0 Å². The molecule has 0 radical (unpaired) electrons. The third-order valence-electron chi connectivity index (χ3n) is 5.09. The molecule has 1 heterocycles. The summed E-state index contributed by atoms with van der Waals surface area (Å²) in [6.45, 7) is 6.01. The molecule has 3 rings (SSSR count). The van der Waals surface area contributed by atoms with E-state index in [4.69, 9.17) is 0 Å². The zero-order valence-electron chi connectivity index (χ0n) is 13.9. The van der Waals surface area contributed by atoms with Crippen LogP contribution in [0.3, 0.4) is 0 Å². The van der Waals surface area contributed by atoms with Gasteiger partial charge in [-0.25, -0.2) is 0 Å². The number of alkyl halides is 3. The number of rotatable bonds is 4. The first-order valence-corrected chi connectivity index (χ1v) is 8.48. The van der Waals surface area contributed by atoms with Gasteiger partial charge in [-0.1, -0.05) is 18.2 Å². The molecule has 3 nitrogen and oxygen atoms in total. The summed E-state index contributed by atoms with van der Waals surface area (Å²) in [5.74, 6) is -0.750. The Bertz CT molecular complexity index is 615. The molecule has 1 aliphatic heterocycles. The summed E-state index contributed by atoms with van der Waals surface area (Å²) in [5.41, 5.74) is -0.363. The average Bonchev–Trinajstić information content (AvgIpc) is 3.18. The van der Waals surface area contributed by atoms with Crippen molar-refractivity contribution >= 4 is 5.91 Å². The van der Waals surface area contributed by atoms with Crippen LogP contribution < -0.4 is 5.32 Å². The average molecular weight is 340 g/mol. The molecular weight excluding hydrogens is 317 g/mol. The molecular formula is C18H23F3N2O. The number of likely N-dealkylation sites (tertiary alicyclic amines) is 1. The van der Waals surface area contributed by atoms with Gasteiger partial charge in [0, 0.05) is 31.1 Å². The number of hydrogen-bond donors (Lipinski definition) is 1. The van der Waals surface area contributed by atoms with E-state index in [1.807, 2.05) is 0 Å². The van der Waals surface area contributed by atoms with Gasteiger partial charge in [-0.15, -0.1) is 0 Å². The molecule has 3 atom stereocenters. The zero-order valence-corrected chi connectivity index (χ0v) is 13.9. The second-order valence-electron chi connectivity index (χ2n) is 7.12. The maximum Gasteiger partial charge on any atom is 0.416 e. The lowest BCUT2D eigenvalue weighted by atomic mass is 10.0. The van der Waals surface area contributed by atoms with E-state index in [1.54, 1.807) is 6.07 Å². The van der Waals surface area contributed by atoms with E-state index in [0.29, 0.717) is 12.5 Å². The van der Waals surface area contributed by atoms with Crippen molar-refractivity contribution in [3.05, 3.63) is 35.4 Å². The summed E-state index contributed by atoms with van der Waals surface area (Å²) >= 11 is 0. The number of carbonyl (C=O) groups is 1. The van der Waals surface area contributed by atoms with Crippen molar-refractivity contribution in [1.29, 1.82) is 0 Å². The second-order valence-corrected chi connectivity index (χ2v) is 7.12. The minimum absolute atomic E-state index is 0.104.